The average molecular weight is 526 g/mol. The number of carbonyl (C=O) groups excluding carboxylic acids is 2. The van der Waals surface area contributed by atoms with E-state index in [0.29, 0.717) is 12.8 Å². The molecule has 0 aromatic heterocycles. The molecule has 0 aromatic rings. The summed E-state index contributed by atoms with van der Waals surface area (Å²) in [4.78, 5) is 23.8. The smallest absolute Gasteiger partial charge is 0.784 e. The van der Waals surface area contributed by atoms with E-state index >= 15 is 0 Å². The molecule has 0 aliphatic rings. The van der Waals surface area contributed by atoms with Gasteiger partial charge in [0, 0.05) is 0 Å². The number of carbonyl (C=O) groups is 2. The van der Waals surface area contributed by atoms with Gasteiger partial charge in [-0.05, 0) is 12.8 Å². The Morgan fingerprint density at radius 1 is 0.818 bits per heavy atom. The van der Waals surface area contributed by atoms with Crippen molar-refractivity contribution < 1.29 is 74.9 Å². The molecule has 0 saturated carbocycles. The summed E-state index contributed by atoms with van der Waals surface area (Å²) in [5.41, 5.74) is 0. The molecule has 192 valence electrons. The van der Waals surface area contributed by atoms with Crippen LogP contribution in [0.4, 0.5) is 0 Å². The third kappa shape index (κ3) is 28.0. The van der Waals surface area contributed by atoms with E-state index in [0.717, 1.165) is 57.8 Å². The molecule has 10 nitrogen and oxygen atoms in total. The van der Waals surface area contributed by atoms with E-state index < -0.39 is 45.1 Å². The predicted molar refractivity (Wildman–Crippen MR) is 118 cm³/mol. The van der Waals surface area contributed by atoms with Crippen LogP contribution in [0.1, 0.15) is 97.3 Å². The molecule has 0 aliphatic heterocycles. The average Bonchev–Trinajstić information content (AvgIpc) is 2.69. The maximum atomic E-state index is 12.0. The molecule has 0 saturated heterocycles. The summed E-state index contributed by atoms with van der Waals surface area (Å²) in [6.07, 6.45) is 11.3. The topological polar surface area (TPSA) is 170 Å². The molecule has 1 unspecified atom stereocenters. The Balaban J connectivity index is -0.00000165. The maximum absolute atomic E-state index is 12.0. The summed E-state index contributed by atoms with van der Waals surface area (Å²) in [7, 11) is -4.73. The molecule has 0 amide bonds. The molecule has 1 N–H and O–H groups in total. The van der Waals surface area contributed by atoms with Crippen LogP contribution in [0.5, 0.6) is 0 Å². The van der Waals surface area contributed by atoms with Crippen LogP contribution in [0.3, 0.4) is 0 Å². The van der Waals surface area contributed by atoms with Crippen molar-refractivity contribution in [1.29, 1.82) is 0 Å². The third-order valence-electron chi connectivity index (χ3n) is 4.48. The van der Waals surface area contributed by atoms with Crippen LogP contribution < -0.4 is 29.6 Å². The first-order valence-electron chi connectivity index (χ1n) is 11.1. The van der Waals surface area contributed by atoms with E-state index in [9.17, 15) is 22.6 Å². The molecule has 0 radical (unpaired) electrons. The van der Waals surface area contributed by atoms with Crippen molar-refractivity contribution in [3.05, 3.63) is 0 Å². The van der Waals surface area contributed by atoms with Gasteiger partial charge < -0.3 is 18.6 Å². The second-order valence-corrected chi connectivity index (χ2v) is 9.34. The molecule has 0 fully saturated rings. The van der Waals surface area contributed by atoms with E-state index in [2.05, 4.69) is 13.8 Å². The summed E-state index contributed by atoms with van der Waals surface area (Å²) in [5.74, 6) is -1.93. The summed E-state index contributed by atoms with van der Waals surface area (Å²) >= 11 is -3.11. The van der Waals surface area contributed by atoms with Crippen LogP contribution in [0.25, 0.3) is 0 Å². The minimum Gasteiger partial charge on any atom is -0.784 e. The van der Waals surface area contributed by atoms with Crippen LogP contribution in [0.15, 0.2) is 0 Å². The standard InChI is InChI=1S/C20H38O7S.Na.H2O3S/c1-3-5-7-9-11-13-15-26-19(21)17-18(28(23,24)25)20(22)27-16-14-12-10-8-6-4-2;;1-4(2)3/h18H,3-17H2,1-2H3,(H,23,24,25);;(H2,1,2,3)/q;+1;/p-2. The summed E-state index contributed by atoms with van der Waals surface area (Å²) < 4.78 is 67.4. The van der Waals surface area contributed by atoms with Crippen LogP contribution in [-0.4, -0.2) is 56.7 Å². The molecule has 0 rings (SSSR count). The van der Waals surface area contributed by atoms with Crippen molar-refractivity contribution in [2.45, 2.75) is 103 Å². The van der Waals surface area contributed by atoms with Crippen LogP contribution in [-0.2, 0) is 40.5 Å². The van der Waals surface area contributed by atoms with Gasteiger partial charge in [-0.3, -0.25) is 18.4 Å². The fraction of sp³-hybridized carbons (Fsp3) is 0.900. The minimum absolute atomic E-state index is 0. The van der Waals surface area contributed by atoms with Crippen molar-refractivity contribution in [3.63, 3.8) is 0 Å². The van der Waals surface area contributed by atoms with Gasteiger partial charge in [-0.25, -0.2) is 0 Å². The van der Waals surface area contributed by atoms with Crippen LogP contribution in [0, 0.1) is 0 Å². The fourth-order valence-electron chi connectivity index (χ4n) is 2.74. The Kier molecular flexibility index (Phi) is 28.4. The largest absolute Gasteiger partial charge is 1.00 e. The maximum Gasteiger partial charge on any atom is 1.00 e. The summed E-state index contributed by atoms with van der Waals surface area (Å²) in [5, 5.41) is -1.93. The molecule has 33 heavy (non-hydrogen) atoms. The SMILES string of the molecule is CCCCCCCCOC(=O)CC(C(=O)OCCCCCCCC)S(=O)(=O)O.O=S([O-])[O-].[Na+]. The molecular weight excluding hydrogens is 487 g/mol. The van der Waals surface area contributed by atoms with Gasteiger partial charge in [-0.15, -0.1) is 11.4 Å². The van der Waals surface area contributed by atoms with Crippen molar-refractivity contribution >= 4 is 33.4 Å². The van der Waals surface area contributed by atoms with Crippen molar-refractivity contribution in [3.8, 4) is 0 Å². The summed E-state index contributed by atoms with van der Waals surface area (Å²) in [6.45, 7) is 4.50. The Morgan fingerprint density at radius 2 is 1.18 bits per heavy atom. The second kappa shape index (κ2) is 25.0. The molecule has 0 heterocycles. The van der Waals surface area contributed by atoms with Gasteiger partial charge in [-0.1, -0.05) is 78.1 Å². The number of hydrogen-bond donors (Lipinski definition) is 1. The zero-order valence-corrected chi connectivity index (χ0v) is 23.8. The van der Waals surface area contributed by atoms with Gasteiger partial charge in [0.15, 0.2) is 5.25 Å². The second-order valence-electron chi connectivity index (χ2n) is 7.34. The molecule has 0 bridgehead atoms. The zero-order chi connectivity index (χ0) is 24.8. The Hall–Kier alpha value is -0.0800. The van der Waals surface area contributed by atoms with E-state index in [1.807, 2.05) is 0 Å². The van der Waals surface area contributed by atoms with Gasteiger partial charge in [0.05, 0.1) is 19.6 Å². The van der Waals surface area contributed by atoms with Crippen LogP contribution >= 0.6 is 0 Å². The first-order valence-corrected chi connectivity index (χ1v) is 13.6. The van der Waals surface area contributed by atoms with E-state index in [1.54, 1.807) is 0 Å². The van der Waals surface area contributed by atoms with Crippen LogP contribution in [0.2, 0.25) is 0 Å². The van der Waals surface area contributed by atoms with E-state index in [1.165, 1.54) is 6.42 Å². The van der Waals surface area contributed by atoms with Gasteiger partial charge in [0.25, 0.3) is 10.1 Å². The van der Waals surface area contributed by atoms with Gasteiger partial charge >= 0.3 is 41.5 Å². The van der Waals surface area contributed by atoms with Crippen molar-refractivity contribution in [1.82, 2.24) is 0 Å². The number of ether oxygens (including phenoxy) is 2. The number of rotatable bonds is 18. The van der Waals surface area contributed by atoms with Gasteiger partial charge in [-0.2, -0.15) is 8.42 Å². The van der Waals surface area contributed by atoms with Crippen molar-refractivity contribution in [2.75, 3.05) is 13.2 Å². The zero-order valence-electron chi connectivity index (χ0n) is 20.1. The van der Waals surface area contributed by atoms with E-state index in [-0.39, 0.29) is 42.8 Å². The predicted octanol–water partition coefficient (Wildman–Crippen LogP) is 0.440. The first-order chi connectivity index (χ1) is 15.1. The number of hydrogen-bond acceptors (Lipinski definition) is 9. The monoisotopic (exact) mass is 525 g/mol. The summed E-state index contributed by atoms with van der Waals surface area (Å²) in [6, 6.07) is 0. The third-order valence-corrected chi connectivity index (χ3v) is 5.56. The fourth-order valence-corrected chi connectivity index (χ4v) is 3.39. The quantitative estimate of drug-likeness (QED) is 0.0870. The van der Waals surface area contributed by atoms with Crippen molar-refractivity contribution in [2.24, 2.45) is 0 Å². The molecular formula is C20H38NaO10S2-. The number of esters is 2. The molecule has 0 spiro atoms. The Morgan fingerprint density at radius 3 is 1.58 bits per heavy atom. The van der Waals surface area contributed by atoms with Gasteiger partial charge in [0.1, 0.15) is 0 Å². The minimum atomic E-state index is -4.73. The molecule has 13 heteroatoms. The number of unbranched alkanes of at least 4 members (excludes halogenated alkanes) is 10. The molecule has 0 aliphatic carbocycles. The molecule has 1 atom stereocenters. The molecule has 0 aromatic carbocycles. The normalized spacial score (nSPS) is 11.7. The first kappa shape index (κ1) is 37.5. The van der Waals surface area contributed by atoms with Gasteiger partial charge in [0.2, 0.25) is 0 Å². The Labute approximate surface area is 223 Å². The Bertz CT molecular complexity index is 610. The van der Waals surface area contributed by atoms with E-state index in [4.69, 9.17) is 22.8 Å².